The zero-order chi connectivity index (χ0) is 14.0. The third-order valence-corrected chi connectivity index (χ3v) is 3.13. The van der Waals surface area contributed by atoms with E-state index in [9.17, 15) is 17.6 Å². The van der Waals surface area contributed by atoms with Crippen molar-refractivity contribution in [3.63, 3.8) is 0 Å². The molecule has 2 rings (SSSR count). The predicted molar refractivity (Wildman–Crippen MR) is 62.6 cm³/mol. The number of ether oxygens (including phenoxy) is 1. The second-order valence-corrected chi connectivity index (χ2v) is 4.63. The van der Waals surface area contributed by atoms with Crippen molar-refractivity contribution in [3.8, 4) is 5.75 Å². The Morgan fingerprint density at radius 3 is 2.68 bits per heavy atom. The number of halogens is 4. The molecule has 0 radical (unpaired) electrons. The molecule has 1 atom stereocenters. The number of fused-ring (bicyclic) bond motifs is 1. The van der Waals surface area contributed by atoms with Crippen LogP contribution in [-0.4, -0.2) is 18.8 Å². The zero-order valence-corrected chi connectivity index (χ0v) is 10.5. The van der Waals surface area contributed by atoms with Gasteiger partial charge in [-0.3, -0.25) is 0 Å². The Hall–Kier alpha value is -1.30. The molecule has 1 N–H and O–H groups in total. The highest BCUT2D eigenvalue weighted by atomic mass is 19.4. The monoisotopic (exact) mass is 277 g/mol. The summed E-state index contributed by atoms with van der Waals surface area (Å²) < 4.78 is 55.7. The van der Waals surface area contributed by atoms with Gasteiger partial charge in [-0.2, -0.15) is 13.2 Å². The maximum atomic E-state index is 13.7. The van der Waals surface area contributed by atoms with E-state index in [0.29, 0.717) is 13.0 Å². The van der Waals surface area contributed by atoms with Gasteiger partial charge >= 0.3 is 6.18 Å². The fourth-order valence-electron chi connectivity index (χ4n) is 2.01. The van der Waals surface area contributed by atoms with Crippen LogP contribution in [0.25, 0.3) is 0 Å². The molecule has 0 spiro atoms. The van der Waals surface area contributed by atoms with E-state index in [1.54, 1.807) is 0 Å². The molecule has 0 saturated heterocycles. The summed E-state index contributed by atoms with van der Waals surface area (Å²) >= 11 is 0. The minimum absolute atomic E-state index is 0.328. The van der Waals surface area contributed by atoms with Gasteiger partial charge in [0.25, 0.3) is 0 Å². The molecule has 0 aromatic heterocycles. The molecule has 6 heteroatoms. The summed E-state index contributed by atoms with van der Waals surface area (Å²) in [6.45, 7) is 2.21. The second kappa shape index (κ2) is 5.36. The van der Waals surface area contributed by atoms with Crippen LogP contribution in [0.2, 0.25) is 0 Å². The predicted octanol–water partition coefficient (Wildman–Crippen LogP) is 3.19. The normalized spacial score (nSPS) is 17.5. The second-order valence-electron chi connectivity index (χ2n) is 4.63. The lowest BCUT2D eigenvalue weighted by Crippen LogP contribution is -2.31. The van der Waals surface area contributed by atoms with Crippen LogP contribution in [-0.2, 0) is 13.0 Å². The molecule has 1 aromatic carbocycles. The summed E-state index contributed by atoms with van der Waals surface area (Å²) in [6.07, 6.45) is -4.95. The molecule has 1 aromatic rings. The lowest BCUT2D eigenvalue weighted by atomic mass is 10.0. The molecular weight excluding hydrogens is 262 g/mol. The van der Waals surface area contributed by atoms with E-state index >= 15 is 0 Å². The van der Waals surface area contributed by atoms with Crippen molar-refractivity contribution in [2.75, 3.05) is 6.54 Å². The van der Waals surface area contributed by atoms with E-state index in [1.165, 1.54) is 12.1 Å². The molecule has 0 aliphatic carbocycles. The van der Waals surface area contributed by atoms with Crippen LogP contribution >= 0.6 is 0 Å². The molecule has 19 heavy (non-hydrogen) atoms. The summed E-state index contributed by atoms with van der Waals surface area (Å²) in [5.74, 6) is -1.08. The number of rotatable bonds is 2. The Morgan fingerprint density at radius 2 is 2.00 bits per heavy atom. The fraction of sp³-hybridized carbons (Fsp3) is 0.538. The lowest BCUT2D eigenvalue weighted by molar-refractivity contribution is -0.189. The Kier molecular flexibility index (Phi) is 3.99. The van der Waals surface area contributed by atoms with Crippen LogP contribution in [0.4, 0.5) is 17.6 Å². The van der Waals surface area contributed by atoms with Gasteiger partial charge in [0.15, 0.2) is 17.7 Å². The minimum Gasteiger partial charge on any atom is -0.478 e. The molecule has 0 bridgehead atoms. The van der Waals surface area contributed by atoms with Gasteiger partial charge in [0.05, 0.1) is 0 Å². The highest BCUT2D eigenvalue weighted by Crippen LogP contribution is 2.29. The number of alkyl halides is 3. The Bertz CT molecular complexity index is 459. The fourth-order valence-corrected chi connectivity index (χ4v) is 2.01. The Morgan fingerprint density at radius 1 is 1.26 bits per heavy atom. The molecule has 0 amide bonds. The SMILES string of the molecule is CC(Oc1cc2c(cc1F)CNCCC2)C(F)(F)F. The van der Waals surface area contributed by atoms with Crippen LogP contribution < -0.4 is 10.1 Å². The number of benzene rings is 1. The highest BCUT2D eigenvalue weighted by Gasteiger charge is 2.38. The van der Waals surface area contributed by atoms with Gasteiger partial charge < -0.3 is 10.1 Å². The van der Waals surface area contributed by atoms with E-state index in [2.05, 4.69) is 5.32 Å². The van der Waals surface area contributed by atoms with Gasteiger partial charge in [-0.15, -0.1) is 0 Å². The van der Waals surface area contributed by atoms with Crippen molar-refractivity contribution in [3.05, 3.63) is 29.1 Å². The first-order valence-corrected chi connectivity index (χ1v) is 6.13. The van der Waals surface area contributed by atoms with Crippen molar-refractivity contribution in [1.82, 2.24) is 5.32 Å². The van der Waals surface area contributed by atoms with Gasteiger partial charge in [0, 0.05) is 6.54 Å². The van der Waals surface area contributed by atoms with Crippen molar-refractivity contribution in [2.24, 2.45) is 0 Å². The van der Waals surface area contributed by atoms with Crippen molar-refractivity contribution < 1.29 is 22.3 Å². The van der Waals surface area contributed by atoms with Crippen LogP contribution in [0, 0.1) is 5.82 Å². The average Bonchev–Trinajstić information content (AvgIpc) is 2.53. The van der Waals surface area contributed by atoms with Crippen molar-refractivity contribution in [1.29, 1.82) is 0 Å². The molecule has 106 valence electrons. The Labute approximate surface area is 108 Å². The van der Waals surface area contributed by atoms with Gasteiger partial charge in [-0.25, -0.2) is 4.39 Å². The molecular formula is C13H15F4NO. The maximum absolute atomic E-state index is 13.7. The summed E-state index contributed by atoms with van der Waals surface area (Å²) in [7, 11) is 0. The topological polar surface area (TPSA) is 21.3 Å². The summed E-state index contributed by atoms with van der Waals surface area (Å²) in [5, 5.41) is 3.13. The van der Waals surface area contributed by atoms with Crippen LogP contribution in [0.3, 0.4) is 0 Å². The smallest absolute Gasteiger partial charge is 0.425 e. The first-order valence-electron chi connectivity index (χ1n) is 6.13. The molecule has 0 saturated carbocycles. The molecule has 0 fully saturated rings. The first kappa shape index (κ1) is 14.1. The number of aryl methyl sites for hydroxylation is 1. The summed E-state index contributed by atoms with van der Waals surface area (Å²) in [5.41, 5.74) is 1.62. The molecule has 1 aliphatic heterocycles. The molecule has 1 unspecified atom stereocenters. The van der Waals surface area contributed by atoms with Crippen LogP contribution in [0.1, 0.15) is 24.5 Å². The van der Waals surface area contributed by atoms with E-state index in [1.807, 2.05) is 0 Å². The van der Waals surface area contributed by atoms with Gasteiger partial charge in [0.2, 0.25) is 0 Å². The van der Waals surface area contributed by atoms with Crippen molar-refractivity contribution in [2.45, 2.75) is 38.6 Å². The summed E-state index contributed by atoms with van der Waals surface area (Å²) in [4.78, 5) is 0. The van der Waals surface area contributed by atoms with E-state index < -0.39 is 18.1 Å². The number of hydrogen-bond acceptors (Lipinski definition) is 2. The maximum Gasteiger partial charge on any atom is 0.425 e. The lowest BCUT2D eigenvalue weighted by Gasteiger charge is -2.19. The van der Waals surface area contributed by atoms with E-state index in [-0.39, 0.29) is 5.75 Å². The quantitative estimate of drug-likeness (QED) is 0.838. The van der Waals surface area contributed by atoms with E-state index in [4.69, 9.17) is 4.74 Å². The molecule has 1 aliphatic rings. The third kappa shape index (κ3) is 3.37. The van der Waals surface area contributed by atoms with Gasteiger partial charge in [-0.05, 0) is 49.6 Å². The Balaban J connectivity index is 2.24. The third-order valence-electron chi connectivity index (χ3n) is 3.13. The average molecular weight is 277 g/mol. The number of nitrogens with one attached hydrogen (secondary N) is 1. The first-order chi connectivity index (χ1) is 8.88. The van der Waals surface area contributed by atoms with Crippen LogP contribution in [0.15, 0.2) is 12.1 Å². The molecule has 2 nitrogen and oxygen atoms in total. The van der Waals surface area contributed by atoms with Crippen LogP contribution in [0.5, 0.6) is 5.75 Å². The van der Waals surface area contributed by atoms with Gasteiger partial charge in [-0.1, -0.05) is 0 Å². The standard InChI is InChI=1S/C13H15F4NO/c1-8(13(15,16)17)19-12-6-9-3-2-4-18-7-10(9)5-11(12)14/h5-6,8,18H,2-4,7H2,1H3. The largest absolute Gasteiger partial charge is 0.478 e. The highest BCUT2D eigenvalue weighted by molar-refractivity contribution is 5.38. The summed E-state index contributed by atoms with van der Waals surface area (Å²) in [6, 6.07) is 2.64. The van der Waals surface area contributed by atoms with Crippen molar-refractivity contribution >= 4 is 0 Å². The number of hydrogen-bond donors (Lipinski definition) is 1. The zero-order valence-electron chi connectivity index (χ0n) is 10.5. The van der Waals surface area contributed by atoms with E-state index in [0.717, 1.165) is 31.0 Å². The molecule has 1 heterocycles. The minimum atomic E-state index is -4.50. The van der Waals surface area contributed by atoms with Gasteiger partial charge in [0.1, 0.15) is 0 Å².